The summed E-state index contributed by atoms with van der Waals surface area (Å²) in [6, 6.07) is 8.58. The average Bonchev–Trinajstić information content (AvgIpc) is 2.77. The molecule has 0 aliphatic carbocycles. The van der Waals surface area contributed by atoms with E-state index in [1.54, 1.807) is 31.4 Å². The Morgan fingerprint density at radius 1 is 1.17 bits per heavy atom. The molecule has 0 fully saturated rings. The van der Waals surface area contributed by atoms with E-state index in [1.807, 2.05) is 6.07 Å². The van der Waals surface area contributed by atoms with Gasteiger partial charge < -0.3 is 27.7 Å². The zero-order chi connectivity index (χ0) is 21.8. The van der Waals surface area contributed by atoms with Gasteiger partial charge in [-0.05, 0) is 41.5 Å². The van der Waals surface area contributed by atoms with Gasteiger partial charge in [0.1, 0.15) is 24.0 Å². The Balaban J connectivity index is 1.92. The van der Waals surface area contributed by atoms with Crippen molar-refractivity contribution in [3.8, 4) is 16.9 Å². The van der Waals surface area contributed by atoms with Crippen LogP contribution in [0, 0.1) is 0 Å². The number of thiol groups is 2. The number of carbonyl (C=O) groups excluding carboxylic acids is 1. The van der Waals surface area contributed by atoms with E-state index in [1.165, 1.54) is 12.0 Å². The molecule has 0 unspecified atom stereocenters. The van der Waals surface area contributed by atoms with E-state index >= 15 is 0 Å². The highest BCUT2D eigenvalue weighted by Gasteiger charge is 2.14. The molecule has 1 N–H and O–H groups in total. The van der Waals surface area contributed by atoms with Gasteiger partial charge in [-0.1, -0.05) is 0 Å². The molecule has 2 rings (SSSR count). The molecule has 8 nitrogen and oxygen atoms in total. The minimum atomic E-state index is -0.710. The Bertz CT molecular complexity index is 823. The van der Waals surface area contributed by atoms with Gasteiger partial charge in [0.15, 0.2) is 0 Å². The number of rotatable bonds is 13. The topological polar surface area (TPSA) is 96.3 Å². The van der Waals surface area contributed by atoms with Crippen LogP contribution in [-0.4, -0.2) is 55.5 Å². The Morgan fingerprint density at radius 3 is 2.67 bits per heavy atom. The highest BCUT2D eigenvalue weighted by molar-refractivity contribution is 7.94. The molecule has 0 saturated carbocycles. The zero-order valence-corrected chi connectivity index (χ0v) is 18.9. The van der Waals surface area contributed by atoms with Crippen LogP contribution in [0.2, 0.25) is 0 Å². The highest BCUT2D eigenvalue weighted by atomic mass is 32.2. The van der Waals surface area contributed by atoms with Gasteiger partial charge in [0.2, 0.25) is 0 Å². The minimum absolute atomic E-state index is 0.0429. The lowest BCUT2D eigenvalue weighted by atomic mass is 10.0. The number of ether oxygens (including phenoxy) is 3. The smallest absolute Gasteiger partial charge is 0.368 e. The molecule has 0 radical (unpaired) electrons. The van der Waals surface area contributed by atoms with Crippen molar-refractivity contribution in [3.05, 3.63) is 41.7 Å². The van der Waals surface area contributed by atoms with Gasteiger partial charge in [0, 0.05) is 37.0 Å². The first-order valence-electron chi connectivity index (χ1n) is 8.84. The van der Waals surface area contributed by atoms with E-state index in [0.717, 1.165) is 5.56 Å². The van der Waals surface area contributed by atoms with E-state index in [4.69, 9.17) is 18.4 Å². The van der Waals surface area contributed by atoms with E-state index in [2.05, 4.69) is 34.7 Å². The zero-order valence-electron chi connectivity index (χ0n) is 16.3. The van der Waals surface area contributed by atoms with Crippen LogP contribution >= 0.6 is 37.6 Å². The molecule has 30 heavy (non-hydrogen) atoms. The normalized spacial score (nSPS) is 10.8. The van der Waals surface area contributed by atoms with Crippen LogP contribution in [0.5, 0.6) is 5.75 Å². The summed E-state index contributed by atoms with van der Waals surface area (Å²) >= 11 is 9.26. The fourth-order valence-electron chi connectivity index (χ4n) is 2.38. The van der Waals surface area contributed by atoms with E-state index in [9.17, 15) is 9.90 Å². The van der Waals surface area contributed by atoms with Crippen molar-refractivity contribution in [3.63, 3.8) is 0 Å². The van der Waals surface area contributed by atoms with Gasteiger partial charge in [0.05, 0.1) is 32.1 Å². The molecule has 2 aromatic rings. The Morgan fingerprint density at radius 2 is 1.97 bits per heavy atom. The van der Waals surface area contributed by atoms with E-state index in [0.29, 0.717) is 54.3 Å². The van der Waals surface area contributed by atoms with Gasteiger partial charge in [0.25, 0.3) is 0 Å². The monoisotopic (exact) mass is 473 g/mol. The van der Waals surface area contributed by atoms with Crippen molar-refractivity contribution >= 4 is 43.6 Å². The van der Waals surface area contributed by atoms with Crippen LogP contribution in [-0.2, 0) is 24.4 Å². The van der Waals surface area contributed by atoms with Crippen molar-refractivity contribution in [1.29, 1.82) is 0 Å². The maximum Gasteiger partial charge on any atom is 0.368 e. The summed E-state index contributed by atoms with van der Waals surface area (Å²) < 4.78 is 25.6. The first kappa shape index (κ1) is 24.8. The van der Waals surface area contributed by atoms with Crippen LogP contribution in [0.3, 0.4) is 0 Å². The van der Waals surface area contributed by atoms with Gasteiger partial charge in [-0.2, -0.15) is 0 Å². The van der Waals surface area contributed by atoms with E-state index < -0.39 is 5.97 Å². The minimum Gasteiger partial charge on any atom is -0.491 e. The van der Waals surface area contributed by atoms with E-state index in [-0.39, 0.29) is 12.3 Å². The van der Waals surface area contributed by atoms with Crippen LogP contribution in [0.4, 0.5) is 0 Å². The maximum atomic E-state index is 11.8. The summed E-state index contributed by atoms with van der Waals surface area (Å²) in [5, 5.41) is 9.41. The largest absolute Gasteiger partial charge is 0.491 e. The van der Waals surface area contributed by atoms with Gasteiger partial charge >= 0.3 is 5.97 Å². The van der Waals surface area contributed by atoms with Crippen molar-refractivity contribution in [2.75, 3.05) is 39.5 Å². The number of hydrogen-bond donors (Lipinski definition) is 3. The first-order valence-corrected chi connectivity index (χ1v) is 10.6. The van der Waals surface area contributed by atoms with Crippen molar-refractivity contribution < 1.29 is 32.5 Å². The molecule has 0 atom stereocenters. The van der Waals surface area contributed by atoms with Gasteiger partial charge in [-0.3, -0.25) is 0 Å². The first-order chi connectivity index (χ1) is 14.6. The quantitative estimate of drug-likeness (QED) is 0.175. The molecule has 0 spiro atoms. The predicted octanol–water partition coefficient (Wildman–Crippen LogP) is 3.20. The maximum absolute atomic E-state index is 11.8. The lowest BCUT2D eigenvalue weighted by Crippen LogP contribution is -2.10. The van der Waals surface area contributed by atoms with Crippen LogP contribution < -0.4 is 4.74 Å². The van der Waals surface area contributed by atoms with Crippen LogP contribution in [0.1, 0.15) is 16.2 Å². The third kappa shape index (κ3) is 7.99. The summed E-state index contributed by atoms with van der Waals surface area (Å²) in [5.41, 5.74) is 1.78. The fraction of sp³-hybridized carbons (Fsp3) is 0.368. The number of nitrogens with zero attached hydrogens (tertiary/aromatic N) is 1. The average molecular weight is 474 g/mol. The predicted molar refractivity (Wildman–Crippen MR) is 119 cm³/mol. The molecule has 164 valence electrons. The standard InChI is InChI=1S/C19H23NO7S3/c1-23-12-30-26-7-5-24-4-6-25-15-2-3-16(18(28)10-15)13-8-14(11-21)20-17(9-13)19(22)27-29/h2-3,8-10,21,28-29H,4-7,11-12H2,1H3. The molecular formula is C19H23NO7S3. The molecule has 1 aromatic heterocycles. The summed E-state index contributed by atoms with van der Waals surface area (Å²) in [6.07, 6.45) is 0. The van der Waals surface area contributed by atoms with Crippen LogP contribution in [0.15, 0.2) is 35.2 Å². The number of aliphatic hydroxyl groups excluding tert-OH is 1. The Kier molecular flexibility index (Phi) is 11.4. The highest BCUT2D eigenvalue weighted by Crippen LogP contribution is 2.31. The summed E-state index contributed by atoms with van der Waals surface area (Å²) in [6.45, 7) is 1.40. The molecule has 0 aliphatic heterocycles. The SMILES string of the molecule is COCSOCCOCCOc1ccc(-c2cc(CO)nc(C(=O)OS)c2)c(S)c1. The number of aliphatic hydroxyl groups is 1. The summed E-state index contributed by atoms with van der Waals surface area (Å²) in [5.74, 6) is 0.399. The molecule has 0 amide bonds. The lowest BCUT2D eigenvalue weighted by Gasteiger charge is -2.12. The summed E-state index contributed by atoms with van der Waals surface area (Å²) in [4.78, 5) is 16.4. The lowest BCUT2D eigenvalue weighted by molar-refractivity contribution is 0.0765. The Labute approximate surface area is 190 Å². The number of methoxy groups -OCH3 is 1. The molecule has 1 aromatic carbocycles. The van der Waals surface area contributed by atoms with Crippen molar-refractivity contribution in [2.24, 2.45) is 0 Å². The third-order valence-electron chi connectivity index (χ3n) is 3.67. The molecular weight excluding hydrogens is 450 g/mol. The van der Waals surface area contributed by atoms with Crippen molar-refractivity contribution in [1.82, 2.24) is 4.98 Å². The number of aromatic nitrogens is 1. The van der Waals surface area contributed by atoms with Crippen molar-refractivity contribution in [2.45, 2.75) is 11.5 Å². The second-order valence-electron chi connectivity index (χ2n) is 5.76. The molecule has 11 heteroatoms. The second kappa shape index (κ2) is 13.8. The fourth-order valence-corrected chi connectivity index (χ4v) is 3.15. The number of benzene rings is 1. The molecule has 1 heterocycles. The Hall–Kier alpha value is -1.47. The second-order valence-corrected chi connectivity index (χ2v) is 7.13. The third-order valence-corrected chi connectivity index (χ3v) is 4.87. The molecule has 0 aliphatic rings. The molecule has 0 bridgehead atoms. The van der Waals surface area contributed by atoms with Crippen LogP contribution in [0.25, 0.3) is 11.1 Å². The number of carbonyl (C=O) groups is 1. The molecule has 0 saturated heterocycles. The summed E-state index contributed by atoms with van der Waals surface area (Å²) in [7, 11) is 1.60. The number of pyridine rings is 1. The van der Waals surface area contributed by atoms with Gasteiger partial charge in [-0.25, -0.2) is 9.78 Å². The van der Waals surface area contributed by atoms with Gasteiger partial charge in [-0.15, -0.1) is 12.6 Å². The number of hydrogen-bond acceptors (Lipinski definition) is 11.